The molecular formula is C23H37NNaO4. The van der Waals surface area contributed by atoms with Crippen LogP contribution in [0.4, 0.5) is 0 Å². The molecule has 159 valence electrons. The molecule has 0 aliphatic rings. The van der Waals surface area contributed by atoms with Crippen LogP contribution in [0.2, 0.25) is 0 Å². The molecule has 29 heavy (non-hydrogen) atoms. The Morgan fingerprint density at radius 2 is 1.38 bits per heavy atom. The van der Waals surface area contributed by atoms with Crippen LogP contribution >= 0.6 is 0 Å². The Kier molecular flexibility index (Phi) is 17.4. The molecule has 0 saturated heterocycles. The molecule has 0 heterocycles. The van der Waals surface area contributed by atoms with Crippen molar-refractivity contribution in [3.05, 3.63) is 29.8 Å². The standard InChI is InChI=1S/C23H37NO4.Na/c1-2-3-4-5-6-7-8-9-10-11-12-13-22(26)28-23(27)21(24)18-19-14-16-20(25)17-15-19;/h14-17,21,25H,2-13,18,24H2,1H3;/t21-;/m0./s1. The van der Waals surface area contributed by atoms with E-state index in [4.69, 9.17) is 10.5 Å². The predicted octanol–water partition coefficient (Wildman–Crippen LogP) is 4.65. The Labute approximate surface area is 198 Å². The van der Waals surface area contributed by atoms with Crippen LogP contribution in [0, 0.1) is 0 Å². The van der Waals surface area contributed by atoms with Crippen LogP contribution in [0.25, 0.3) is 0 Å². The van der Waals surface area contributed by atoms with E-state index in [1.54, 1.807) is 12.1 Å². The number of rotatable bonds is 15. The summed E-state index contributed by atoms with van der Waals surface area (Å²) < 4.78 is 4.85. The van der Waals surface area contributed by atoms with Crippen molar-refractivity contribution in [1.29, 1.82) is 0 Å². The van der Waals surface area contributed by atoms with Gasteiger partial charge in [-0.1, -0.05) is 83.3 Å². The molecule has 5 nitrogen and oxygen atoms in total. The SMILES string of the molecule is CCCCCCCCCCCCCC(=O)OC(=O)[C@@H](N)Cc1ccc(O)cc1.[Na]. The van der Waals surface area contributed by atoms with Gasteiger partial charge in [-0.15, -0.1) is 0 Å². The van der Waals surface area contributed by atoms with Crippen LogP contribution in [-0.4, -0.2) is 52.6 Å². The molecule has 1 aromatic rings. The number of benzene rings is 1. The summed E-state index contributed by atoms with van der Waals surface area (Å²) in [4.78, 5) is 23.7. The van der Waals surface area contributed by atoms with E-state index < -0.39 is 18.0 Å². The molecular weight excluding hydrogens is 377 g/mol. The Hall–Kier alpha value is -0.880. The molecule has 0 amide bonds. The van der Waals surface area contributed by atoms with E-state index in [0.29, 0.717) is 0 Å². The number of esters is 2. The summed E-state index contributed by atoms with van der Waals surface area (Å²) >= 11 is 0. The van der Waals surface area contributed by atoms with Crippen LogP contribution < -0.4 is 5.73 Å². The smallest absolute Gasteiger partial charge is 0.330 e. The zero-order valence-electron chi connectivity index (χ0n) is 18.3. The molecule has 1 rings (SSSR count). The summed E-state index contributed by atoms with van der Waals surface area (Å²) in [6.07, 6.45) is 13.8. The van der Waals surface area contributed by atoms with E-state index in [9.17, 15) is 14.7 Å². The normalized spacial score (nSPS) is 11.5. The van der Waals surface area contributed by atoms with Gasteiger partial charge in [-0.2, -0.15) is 0 Å². The first-order chi connectivity index (χ1) is 13.5. The van der Waals surface area contributed by atoms with Crippen LogP contribution in [0.15, 0.2) is 24.3 Å². The minimum atomic E-state index is -0.884. The molecule has 0 unspecified atom stereocenters. The summed E-state index contributed by atoms with van der Waals surface area (Å²) in [5, 5.41) is 9.25. The summed E-state index contributed by atoms with van der Waals surface area (Å²) in [6, 6.07) is 5.56. The minimum Gasteiger partial charge on any atom is -0.508 e. The maximum atomic E-state index is 11.9. The quantitative estimate of drug-likeness (QED) is 0.189. The third-order valence-corrected chi connectivity index (χ3v) is 4.89. The number of ether oxygens (including phenoxy) is 1. The van der Waals surface area contributed by atoms with Crippen LogP contribution in [-0.2, 0) is 20.7 Å². The topological polar surface area (TPSA) is 89.6 Å². The molecule has 0 spiro atoms. The molecule has 1 radical (unpaired) electrons. The van der Waals surface area contributed by atoms with Crippen LogP contribution in [0.1, 0.15) is 89.5 Å². The monoisotopic (exact) mass is 414 g/mol. The molecule has 0 aromatic heterocycles. The second kappa shape index (κ2) is 17.9. The molecule has 0 aliphatic heterocycles. The third kappa shape index (κ3) is 14.7. The molecule has 3 N–H and O–H groups in total. The van der Waals surface area contributed by atoms with E-state index >= 15 is 0 Å². The summed E-state index contributed by atoms with van der Waals surface area (Å²) in [5.74, 6) is -1.04. The fraction of sp³-hybridized carbons (Fsp3) is 0.652. The zero-order chi connectivity index (χ0) is 20.6. The van der Waals surface area contributed by atoms with Crippen molar-refractivity contribution in [2.75, 3.05) is 0 Å². The van der Waals surface area contributed by atoms with E-state index in [1.807, 2.05) is 0 Å². The van der Waals surface area contributed by atoms with Gasteiger partial charge in [0.1, 0.15) is 11.8 Å². The van der Waals surface area contributed by atoms with E-state index in [1.165, 1.54) is 63.5 Å². The molecule has 0 bridgehead atoms. The summed E-state index contributed by atoms with van der Waals surface area (Å²) in [6.45, 7) is 2.23. The van der Waals surface area contributed by atoms with Gasteiger partial charge in [0.05, 0.1) is 0 Å². The van der Waals surface area contributed by atoms with Gasteiger partial charge in [-0.25, -0.2) is 4.79 Å². The molecule has 0 saturated carbocycles. The number of carbonyl (C=O) groups excluding carboxylic acids is 2. The second-order valence-electron chi connectivity index (χ2n) is 7.56. The predicted molar refractivity (Wildman–Crippen MR) is 118 cm³/mol. The summed E-state index contributed by atoms with van der Waals surface area (Å²) in [7, 11) is 0. The van der Waals surface area contributed by atoms with Crippen LogP contribution in [0.5, 0.6) is 5.75 Å². The molecule has 0 fully saturated rings. The first-order valence-electron chi connectivity index (χ1n) is 10.8. The number of carbonyl (C=O) groups is 2. The fourth-order valence-electron chi connectivity index (χ4n) is 3.14. The zero-order valence-corrected chi connectivity index (χ0v) is 20.3. The number of hydrogen-bond donors (Lipinski definition) is 2. The third-order valence-electron chi connectivity index (χ3n) is 4.89. The second-order valence-corrected chi connectivity index (χ2v) is 7.56. The van der Waals surface area contributed by atoms with Gasteiger partial charge in [-0.05, 0) is 30.5 Å². The number of phenols is 1. The largest absolute Gasteiger partial charge is 0.508 e. The number of nitrogens with two attached hydrogens (primary N) is 1. The van der Waals surface area contributed by atoms with Gasteiger partial charge in [0.15, 0.2) is 0 Å². The van der Waals surface area contributed by atoms with Gasteiger partial charge >= 0.3 is 11.9 Å². The van der Waals surface area contributed by atoms with Gasteiger partial charge in [-0.3, -0.25) is 4.79 Å². The van der Waals surface area contributed by atoms with Gasteiger partial charge in [0.2, 0.25) is 0 Å². The first kappa shape index (κ1) is 28.1. The van der Waals surface area contributed by atoms with Gasteiger partial charge in [0.25, 0.3) is 0 Å². The van der Waals surface area contributed by atoms with E-state index in [2.05, 4.69) is 6.92 Å². The summed E-state index contributed by atoms with van der Waals surface area (Å²) in [5.41, 5.74) is 6.61. The number of phenolic OH excluding ortho intramolecular Hbond substituents is 1. The number of hydrogen-bond acceptors (Lipinski definition) is 5. The van der Waals surface area contributed by atoms with Crippen molar-refractivity contribution in [1.82, 2.24) is 0 Å². The van der Waals surface area contributed by atoms with Crippen molar-refractivity contribution in [3.63, 3.8) is 0 Å². The van der Waals surface area contributed by atoms with Crippen molar-refractivity contribution < 1.29 is 19.4 Å². The molecule has 6 heteroatoms. The Balaban J connectivity index is 0.00000784. The maximum absolute atomic E-state index is 11.9. The average molecular weight is 415 g/mol. The first-order valence-corrected chi connectivity index (χ1v) is 10.8. The number of aromatic hydroxyl groups is 1. The minimum absolute atomic E-state index is 0. The van der Waals surface area contributed by atoms with Gasteiger partial charge < -0.3 is 15.6 Å². The van der Waals surface area contributed by atoms with E-state index in [0.717, 1.165) is 24.8 Å². The van der Waals surface area contributed by atoms with E-state index in [-0.39, 0.29) is 48.1 Å². The van der Waals surface area contributed by atoms with Crippen LogP contribution in [0.3, 0.4) is 0 Å². The molecule has 1 atom stereocenters. The Morgan fingerprint density at radius 3 is 1.90 bits per heavy atom. The fourth-order valence-corrected chi connectivity index (χ4v) is 3.14. The average Bonchev–Trinajstić information content (AvgIpc) is 2.67. The molecule has 1 aromatic carbocycles. The van der Waals surface area contributed by atoms with Crippen molar-refractivity contribution >= 4 is 41.5 Å². The Morgan fingerprint density at radius 1 is 0.897 bits per heavy atom. The molecule has 0 aliphatic carbocycles. The van der Waals surface area contributed by atoms with Crippen molar-refractivity contribution in [2.24, 2.45) is 5.73 Å². The number of unbranched alkanes of at least 4 members (excludes halogenated alkanes) is 10. The van der Waals surface area contributed by atoms with Crippen molar-refractivity contribution in [2.45, 2.75) is 96.4 Å². The van der Waals surface area contributed by atoms with Crippen molar-refractivity contribution in [3.8, 4) is 5.75 Å². The maximum Gasteiger partial charge on any atom is 0.330 e. The Bertz CT molecular complexity index is 563. The van der Waals surface area contributed by atoms with Gasteiger partial charge in [0, 0.05) is 36.0 Å².